The van der Waals surface area contributed by atoms with Gasteiger partial charge in [0.15, 0.2) is 6.10 Å². The van der Waals surface area contributed by atoms with E-state index in [-0.39, 0.29) is 31.1 Å². The van der Waals surface area contributed by atoms with Gasteiger partial charge in [-0.2, -0.15) is 0 Å². The first kappa shape index (κ1) is 61.1. The molecule has 6 nitrogen and oxygen atoms in total. The number of esters is 3. The molecule has 0 aliphatic heterocycles. The fourth-order valence-electron chi connectivity index (χ4n) is 7.56. The van der Waals surface area contributed by atoms with Gasteiger partial charge in [0.1, 0.15) is 13.2 Å². The summed E-state index contributed by atoms with van der Waals surface area (Å²) in [5.41, 5.74) is 0. The zero-order valence-electron chi connectivity index (χ0n) is 42.3. The summed E-state index contributed by atoms with van der Waals surface area (Å²) >= 11 is 0. The van der Waals surface area contributed by atoms with Crippen molar-refractivity contribution in [3.05, 3.63) is 60.8 Å². The number of unbranched alkanes of at least 4 members (excludes halogenated alkanes) is 28. The zero-order chi connectivity index (χ0) is 46.5. The topological polar surface area (TPSA) is 78.9 Å². The molecule has 0 fully saturated rings. The average Bonchev–Trinajstić information content (AvgIpc) is 3.29. The van der Waals surface area contributed by atoms with Crippen molar-refractivity contribution in [2.24, 2.45) is 0 Å². The number of ether oxygens (including phenoxy) is 3. The van der Waals surface area contributed by atoms with Crippen LogP contribution < -0.4 is 0 Å². The van der Waals surface area contributed by atoms with E-state index >= 15 is 0 Å². The van der Waals surface area contributed by atoms with Crippen LogP contribution in [0.3, 0.4) is 0 Å². The summed E-state index contributed by atoms with van der Waals surface area (Å²) in [4.78, 5) is 38.1. The molecule has 0 aromatic heterocycles. The van der Waals surface area contributed by atoms with E-state index in [9.17, 15) is 14.4 Å². The molecular weight excluding hydrogens is 793 g/mol. The van der Waals surface area contributed by atoms with E-state index in [4.69, 9.17) is 14.2 Å². The van der Waals surface area contributed by atoms with Crippen molar-refractivity contribution in [1.82, 2.24) is 0 Å². The molecule has 0 aromatic carbocycles. The Morgan fingerprint density at radius 1 is 0.312 bits per heavy atom. The third-order valence-corrected chi connectivity index (χ3v) is 11.7. The van der Waals surface area contributed by atoms with Crippen LogP contribution in [0.2, 0.25) is 0 Å². The molecule has 0 aliphatic carbocycles. The van der Waals surface area contributed by atoms with E-state index in [1.165, 1.54) is 128 Å². The van der Waals surface area contributed by atoms with E-state index in [0.29, 0.717) is 19.3 Å². The maximum Gasteiger partial charge on any atom is 0.306 e. The predicted octanol–water partition coefficient (Wildman–Crippen LogP) is 18.0. The highest BCUT2D eigenvalue weighted by Crippen LogP contribution is 2.14. The summed E-state index contributed by atoms with van der Waals surface area (Å²) in [6.07, 6.45) is 64.8. The molecule has 0 saturated heterocycles. The van der Waals surface area contributed by atoms with E-state index < -0.39 is 6.10 Å². The highest BCUT2D eigenvalue weighted by molar-refractivity contribution is 5.71. The normalized spacial score (nSPS) is 12.5. The molecule has 0 heterocycles. The molecule has 6 heteroatoms. The number of hydrogen-bond acceptors (Lipinski definition) is 6. The molecule has 0 spiro atoms. The van der Waals surface area contributed by atoms with Gasteiger partial charge in [0, 0.05) is 19.3 Å². The Morgan fingerprint density at radius 2 is 0.562 bits per heavy atom. The van der Waals surface area contributed by atoms with Crippen molar-refractivity contribution in [3.8, 4) is 0 Å². The summed E-state index contributed by atoms with van der Waals surface area (Å²) in [6, 6.07) is 0. The maximum atomic E-state index is 12.8. The van der Waals surface area contributed by atoms with E-state index in [1.807, 2.05) is 0 Å². The first-order chi connectivity index (χ1) is 31.5. The largest absolute Gasteiger partial charge is 0.462 e. The SMILES string of the molecule is CCCCCC=CCC=CCCCCCCCCC(=O)OCC(COC(=O)CCCCCCCC=CCC=CCCCCC)OC(=O)CCCCCCCC=CCCCCCCCC. The Balaban J connectivity index is 4.43. The lowest BCUT2D eigenvalue weighted by Gasteiger charge is -2.18. The van der Waals surface area contributed by atoms with Crippen molar-refractivity contribution in [2.75, 3.05) is 13.2 Å². The number of rotatable bonds is 49. The lowest BCUT2D eigenvalue weighted by Crippen LogP contribution is -2.30. The van der Waals surface area contributed by atoms with Crippen LogP contribution in [0.5, 0.6) is 0 Å². The lowest BCUT2D eigenvalue weighted by molar-refractivity contribution is -0.167. The number of carbonyl (C=O) groups is 3. The van der Waals surface area contributed by atoms with Gasteiger partial charge in [-0.25, -0.2) is 0 Å². The Labute approximate surface area is 396 Å². The lowest BCUT2D eigenvalue weighted by atomic mass is 10.1. The quantitative estimate of drug-likeness (QED) is 0.0262. The molecule has 370 valence electrons. The molecule has 1 atom stereocenters. The minimum Gasteiger partial charge on any atom is -0.462 e. The maximum absolute atomic E-state index is 12.8. The zero-order valence-corrected chi connectivity index (χ0v) is 42.3. The van der Waals surface area contributed by atoms with E-state index in [1.54, 1.807) is 0 Å². The molecule has 0 aliphatic rings. The third kappa shape index (κ3) is 50.1. The Hall–Kier alpha value is -2.89. The van der Waals surface area contributed by atoms with Crippen LogP contribution in [0.4, 0.5) is 0 Å². The molecule has 1 unspecified atom stereocenters. The number of carbonyl (C=O) groups excluding carboxylic acids is 3. The van der Waals surface area contributed by atoms with Crippen molar-refractivity contribution >= 4 is 17.9 Å². The van der Waals surface area contributed by atoms with Crippen LogP contribution in [0, 0.1) is 0 Å². The summed E-state index contributed by atoms with van der Waals surface area (Å²) in [6.45, 7) is 6.57. The minimum atomic E-state index is -0.788. The Morgan fingerprint density at radius 3 is 0.906 bits per heavy atom. The van der Waals surface area contributed by atoms with Crippen molar-refractivity contribution in [3.63, 3.8) is 0 Å². The van der Waals surface area contributed by atoms with E-state index in [0.717, 1.165) is 103 Å². The average molecular weight is 895 g/mol. The van der Waals surface area contributed by atoms with Crippen molar-refractivity contribution in [1.29, 1.82) is 0 Å². The molecule has 0 saturated carbocycles. The predicted molar refractivity (Wildman–Crippen MR) is 275 cm³/mol. The van der Waals surface area contributed by atoms with Gasteiger partial charge in [0.2, 0.25) is 0 Å². The van der Waals surface area contributed by atoms with Gasteiger partial charge in [0.05, 0.1) is 0 Å². The third-order valence-electron chi connectivity index (χ3n) is 11.7. The summed E-state index contributed by atoms with van der Waals surface area (Å²) < 4.78 is 16.8. The molecule has 0 amide bonds. The Kier molecular flexibility index (Phi) is 50.4. The molecule has 0 N–H and O–H groups in total. The smallest absolute Gasteiger partial charge is 0.306 e. The summed E-state index contributed by atoms with van der Waals surface area (Å²) in [7, 11) is 0. The highest BCUT2D eigenvalue weighted by Gasteiger charge is 2.19. The van der Waals surface area contributed by atoms with Crippen LogP contribution in [-0.2, 0) is 28.6 Å². The first-order valence-electron chi connectivity index (χ1n) is 27.3. The second-order valence-electron chi connectivity index (χ2n) is 18.1. The fourth-order valence-corrected chi connectivity index (χ4v) is 7.56. The van der Waals surface area contributed by atoms with E-state index in [2.05, 4.69) is 81.5 Å². The van der Waals surface area contributed by atoms with Gasteiger partial charge in [-0.3, -0.25) is 14.4 Å². The van der Waals surface area contributed by atoms with Crippen molar-refractivity contribution < 1.29 is 28.6 Å². The van der Waals surface area contributed by atoms with Crippen molar-refractivity contribution in [2.45, 2.75) is 277 Å². The Bertz CT molecular complexity index is 1170. The van der Waals surface area contributed by atoms with Crippen LogP contribution in [-0.4, -0.2) is 37.2 Å². The molecular formula is C58H102O6. The minimum absolute atomic E-state index is 0.0872. The van der Waals surface area contributed by atoms with Gasteiger partial charge in [0.25, 0.3) is 0 Å². The van der Waals surface area contributed by atoms with Gasteiger partial charge < -0.3 is 14.2 Å². The number of allylic oxidation sites excluding steroid dienone is 10. The monoisotopic (exact) mass is 895 g/mol. The first-order valence-corrected chi connectivity index (χ1v) is 27.3. The molecule has 0 radical (unpaired) electrons. The van der Waals surface area contributed by atoms with Crippen LogP contribution in [0.15, 0.2) is 60.8 Å². The van der Waals surface area contributed by atoms with Crippen LogP contribution in [0.1, 0.15) is 271 Å². The molecule has 0 rings (SSSR count). The molecule has 0 bridgehead atoms. The standard InChI is InChI=1S/C58H102O6/c1-4-7-10-13-16-19-22-25-28-31-33-36-39-42-45-48-51-57(60)63-54-55(64-58(61)52-49-46-43-40-37-34-30-27-24-21-18-15-12-9-6-3)53-62-56(59)50-47-44-41-38-35-32-29-26-23-20-17-14-11-8-5-2/h16-17,19-20,25-30,55H,4-15,18,21-24,31-54H2,1-3H3. The summed E-state index contributed by atoms with van der Waals surface area (Å²) in [5, 5.41) is 0. The van der Waals surface area contributed by atoms with Gasteiger partial charge in [-0.1, -0.05) is 204 Å². The van der Waals surface area contributed by atoms with Crippen LogP contribution in [0.25, 0.3) is 0 Å². The summed E-state index contributed by atoms with van der Waals surface area (Å²) in [5.74, 6) is -0.912. The fraction of sp³-hybridized carbons (Fsp3) is 0.776. The molecule has 64 heavy (non-hydrogen) atoms. The van der Waals surface area contributed by atoms with Gasteiger partial charge in [-0.05, 0) is 109 Å². The second-order valence-corrected chi connectivity index (χ2v) is 18.1. The van der Waals surface area contributed by atoms with Crippen LogP contribution >= 0.6 is 0 Å². The molecule has 0 aromatic rings. The van der Waals surface area contributed by atoms with Gasteiger partial charge >= 0.3 is 17.9 Å². The number of hydrogen-bond donors (Lipinski definition) is 0. The van der Waals surface area contributed by atoms with Gasteiger partial charge in [-0.15, -0.1) is 0 Å². The highest BCUT2D eigenvalue weighted by atomic mass is 16.6. The second kappa shape index (κ2) is 52.7.